The van der Waals surface area contributed by atoms with Crippen LogP contribution in [0.5, 0.6) is 0 Å². The van der Waals surface area contributed by atoms with Gasteiger partial charge in [-0.3, -0.25) is 9.69 Å². The van der Waals surface area contributed by atoms with Crippen LogP contribution < -0.4 is 5.32 Å². The van der Waals surface area contributed by atoms with Crippen molar-refractivity contribution in [3.63, 3.8) is 0 Å². The zero-order chi connectivity index (χ0) is 17.3. The van der Waals surface area contributed by atoms with Crippen molar-refractivity contribution < 1.29 is 23.1 Å². The number of aliphatic hydroxyl groups excluding tert-OH is 1. The Balaban J connectivity index is 1.68. The number of hydrogen-bond donors (Lipinski definition) is 2. The summed E-state index contributed by atoms with van der Waals surface area (Å²) in [6.07, 6.45) is -1.56. The van der Waals surface area contributed by atoms with Gasteiger partial charge in [0.2, 0.25) is 0 Å². The van der Waals surface area contributed by atoms with Crippen LogP contribution >= 0.6 is 0 Å². The maximum atomic E-state index is 12.7. The van der Waals surface area contributed by atoms with E-state index in [1.165, 1.54) is 12.1 Å². The van der Waals surface area contributed by atoms with Crippen LogP contribution in [0.4, 0.5) is 13.2 Å². The van der Waals surface area contributed by atoms with Crippen molar-refractivity contribution in [2.45, 2.75) is 50.0 Å². The molecule has 24 heavy (non-hydrogen) atoms. The number of carbonyl (C=O) groups is 1. The highest BCUT2D eigenvalue weighted by Gasteiger charge is 2.37. The number of nitrogens with one attached hydrogen (secondary N) is 1. The van der Waals surface area contributed by atoms with E-state index in [4.69, 9.17) is 0 Å². The number of halogens is 3. The summed E-state index contributed by atoms with van der Waals surface area (Å²) in [7, 11) is 0. The molecule has 1 aromatic heterocycles. The Bertz CT molecular complexity index is 608. The van der Waals surface area contributed by atoms with Gasteiger partial charge in [0.1, 0.15) is 11.4 Å². The van der Waals surface area contributed by atoms with Gasteiger partial charge < -0.3 is 10.4 Å². The summed E-state index contributed by atoms with van der Waals surface area (Å²) in [5.41, 5.74) is -1.29. The van der Waals surface area contributed by atoms with Crippen molar-refractivity contribution in [2.24, 2.45) is 0 Å². The maximum Gasteiger partial charge on any atom is 0.433 e. The first-order valence-electron chi connectivity index (χ1n) is 8.12. The molecule has 2 N–H and O–H groups in total. The van der Waals surface area contributed by atoms with Gasteiger partial charge in [-0.15, -0.1) is 0 Å². The molecule has 1 saturated carbocycles. The lowest BCUT2D eigenvalue weighted by Crippen LogP contribution is -2.48. The molecule has 1 unspecified atom stereocenters. The summed E-state index contributed by atoms with van der Waals surface area (Å²) in [6, 6.07) is 3.32. The lowest BCUT2D eigenvalue weighted by Gasteiger charge is -2.29. The Morgan fingerprint density at radius 3 is 2.75 bits per heavy atom. The van der Waals surface area contributed by atoms with Crippen molar-refractivity contribution in [2.75, 3.05) is 13.1 Å². The van der Waals surface area contributed by atoms with Gasteiger partial charge in [0.15, 0.2) is 0 Å². The second-order valence-electron chi connectivity index (χ2n) is 6.42. The van der Waals surface area contributed by atoms with E-state index in [9.17, 15) is 23.1 Å². The topological polar surface area (TPSA) is 65.5 Å². The van der Waals surface area contributed by atoms with Gasteiger partial charge in [0, 0.05) is 25.2 Å². The van der Waals surface area contributed by atoms with Crippen LogP contribution in [0.25, 0.3) is 0 Å². The van der Waals surface area contributed by atoms with Crippen molar-refractivity contribution >= 4 is 5.91 Å². The van der Waals surface area contributed by atoms with E-state index in [1.54, 1.807) is 0 Å². The minimum absolute atomic E-state index is 0.122. The molecule has 5 nitrogen and oxygen atoms in total. The number of carbonyl (C=O) groups excluding carboxylic acids is 1. The maximum absolute atomic E-state index is 12.7. The number of nitrogens with zero attached hydrogens (tertiary/aromatic N) is 2. The van der Waals surface area contributed by atoms with Crippen molar-refractivity contribution in [3.8, 4) is 0 Å². The molecule has 0 bridgehead atoms. The third-order valence-corrected chi connectivity index (χ3v) is 4.73. The van der Waals surface area contributed by atoms with Gasteiger partial charge in [0.25, 0.3) is 5.91 Å². The van der Waals surface area contributed by atoms with Crippen LogP contribution in [0, 0.1) is 0 Å². The fraction of sp³-hybridized carbons (Fsp3) is 0.625. The molecule has 3 rings (SSSR count). The smallest absolute Gasteiger partial charge is 0.392 e. The number of rotatable bonds is 3. The number of alkyl halides is 3. The first kappa shape index (κ1) is 17.2. The molecule has 1 aromatic rings. The van der Waals surface area contributed by atoms with E-state index in [-0.39, 0.29) is 23.9 Å². The fourth-order valence-corrected chi connectivity index (χ4v) is 3.58. The molecule has 0 spiro atoms. The quantitative estimate of drug-likeness (QED) is 0.879. The Morgan fingerprint density at radius 1 is 1.29 bits per heavy atom. The zero-order valence-corrected chi connectivity index (χ0v) is 13.1. The summed E-state index contributed by atoms with van der Waals surface area (Å²) in [5.74, 6) is -0.585. The minimum atomic E-state index is -4.57. The molecule has 2 aliphatic rings. The molecule has 1 saturated heterocycles. The van der Waals surface area contributed by atoms with Crippen LogP contribution in [0.3, 0.4) is 0 Å². The first-order valence-corrected chi connectivity index (χ1v) is 8.12. The normalized spacial score (nSPS) is 28.2. The highest BCUT2D eigenvalue weighted by molar-refractivity contribution is 5.92. The second kappa shape index (κ2) is 6.68. The second-order valence-corrected chi connectivity index (χ2v) is 6.42. The fourth-order valence-electron chi connectivity index (χ4n) is 3.58. The third kappa shape index (κ3) is 3.70. The molecule has 0 aromatic carbocycles. The molecule has 2 fully saturated rings. The Morgan fingerprint density at radius 2 is 2.08 bits per heavy atom. The van der Waals surface area contributed by atoms with E-state index in [2.05, 4.69) is 15.2 Å². The summed E-state index contributed by atoms with van der Waals surface area (Å²) in [5, 5.41) is 12.5. The lowest BCUT2D eigenvalue weighted by molar-refractivity contribution is -0.141. The van der Waals surface area contributed by atoms with Gasteiger partial charge in [-0.1, -0.05) is 6.07 Å². The van der Waals surface area contributed by atoms with Crippen LogP contribution in [0.15, 0.2) is 18.2 Å². The Labute approximate surface area is 137 Å². The van der Waals surface area contributed by atoms with Crippen LogP contribution in [-0.2, 0) is 6.18 Å². The van der Waals surface area contributed by atoms with Crippen molar-refractivity contribution in [1.82, 2.24) is 15.2 Å². The minimum Gasteiger partial charge on any atom is -0.392 e. The molecule has 1 aliphatic carbocycles. The zero-order valence-electron chi connectivity index (χ0n) is 13.1. The van der Waals surface area contributed by atoms with E-state index in [1.807, 2.05) is 0 Å². The molecular weight excluding hydrogens is 323 g/mol. The van der Waals surface area contributed by atoms with E-state index in [0.717, 1.165) is 31.9 Å². The molecule has 132 valence electrons. The van der Waals surface area contributed by atoms with Crippen LogP contribution in [0.1, 0.15) is 41.9 Å². The molecule has 2 heterocycles. The van der Waals surface area contributed by atoms with Gasteiger partial charge in [-0.25, -0.2) is 4.98 Å². The average molecular weight is 343 g/mol. The highest BCUT2D eigenvalue weighted by atomic mass is 19.4. The monoisotopic (exact) mass is 343 g/mol. The molecule has 8 heteroatoms. The van der Waals surface area contributed by atoms with E-state index in [0.29, 0.717) is 13.0 Å². The number of pyridine rings is 1. The standard InChI is InChI=1S/C16H20F3N3O2/c17-16(18,19)14-6-2-4-12(20-14)15(24)21-11-3-1-5-13(11)22-8-7-10(23)9-22/h2,4,6,10-11,13,23H,1,3,5,7-9H2,(H,21,24)/t10?,11-,13+/m1/s1. The van der Waals surface area contributed by atoms with Crippen molar-refractivity contribution in [3.05, 3.63) is 29.6 Å². The number of aromatic nitrogens is 1. The number of hydrogen-bond acceptors (Lipinski definition) is 4. The number of likely N-dealkylation sites (tertiary alicyclic amines) is 1. The van der Waals surface area contributed by atoms with E-state index < -0.39 is 17.8 Å². The summed E-state index contributed by atoms with van der Waals surface area (Å²) < 4.78 is 38.1. The molecule has 3 atom stereocenters. The third-order valence-electron chi connectivity index (χ3n) is 4.73. The van der Waals surface area contributed by atoms with Crippen LogP contribution in [0.2, 0.25) is 0 Å². The summed E-state index contributed by atoms with van der Waals surface area (Å²) in [4.78, 5) is 17.9. The molecule has 0 radical (unpaired) electrons. The largest absolute Gasteiger partial charge is 0.433 e. The van der Waals surface area contributed by atoms with Gasteiger partial charge in [0.05, 0.1) is 6.10 Å². The van der Waals surface area contributed by atoms with E-state index >= 15 is 0 Å². The summed E-state index contributed by atoms with van der Waals surface area (Å²) in [6.45, 7) is 1.36. The molecular formula is C16H20F3N3O2. The van der Waals surface area contributed by atoms with Gasteiger partial charge in [-0.05, 0) is 37.8 Å². The average Bonchev–Trinajstić information content (AvgIpc) is 3.15. The molecule has 1 aliphatic heterocycles. The predicted molar refractivity (Wildman–Crippen MR) is 80.3 cm³/mol. The number of aliphatic hydroxyl groups is 1. The Kier molecular flexibility index (Phi) is 4.78. The predicted octanol–water partition coefficient (Wildman–Crippen LogP) is 1.82. The van der Waals surface area contributed by atoms with Gasteiger partial charge >= 0.3 is 6.18 Å². The SMILES string of the molecule is O=C(N[C@@H]1CCC[C@@H]1N1CCC(O)C1)c1cccc(C(F)(F)F)n1. The van der Waals surface area contributed by atoms with Gasteiger partial charge in [-0.2, -0.15) is 13.2 Å². The lowest BCUT2D eigenvalue weighted by atomic mass is 10.1. The number of β-amino-alcohol motifs (C(OH)–C–C–N with tert-alkyl or cyclic N) is 1. The molecule has 1 amide bonds. The number of amides is 1. The van der Waals surface area contributed by atoms with Crippen LogP contribution in [-0.4, -0.2) is 52.2 Å². The highest BCUT2D eigenvalue weighted by Crippen LogP contribution is 2.29. The van der Waals surface area contributed by atoms with Crippen molar-refractivity contribution in [1.29, 1.82) is 0 Å². The Hall–Kier alpha value is -1.67. The summed E-state index contributed by atoms with van der Waals surface area (Å²) >= 11 is 0. The first-order chi connectivity index (χ1) is 11.3.